The molecule has 2 aliphatic heterocycles. The lowest BCUT2D eigenvalue weighted by Crippen LogP contribution is -2.60. The molecular weight excluding hydrogens is 626 g/mol. The Hall–Kier alpha value is -3.44. The largest absolute Gasteiger partial charge is 0.467 e. The quantitative estimate of drug-likeness (QED) is 0.128. The number of Topliss-reactive ketones (excluding diaryl/α,β-unsaturated/α-hetero) is 2. The van der Waals surface area contributed by atoms with Gasteiger partial charge in [0.15, 0.2) is 5.78 Å². The molecule has 0 aliphatic carbocycles. The molecule has 3 rings (SSSR count). The summed E-state index contributed by atoms with van der Waals surface area (Å²) in [5.41, 5.74) is 1.97. The molecule has 2 heterocycles. The lowest BCUT2D eigenvalue weighted by atomic mass is 9.85. The van der Waals surface area contributed by atoms with Crippen molar-refractivity contribution in [1.29, 1.82) is 0 Å². The maximum absolute atomic E-state index is 13.5. The third-order valence-corrected chi connectivity index (χ3v) is 9.61. The first-order valence-electron chi connectivity index (χ1n) is 17.4. The van der Waals surface area contributed by atoms with Crippen LogP contribution in [0.25, 0.3) is 0 Å². The van der Waals surface area contributed by atoms with Gasteiger partial charge in [0.1, 0.15) is 12.6 Å². The summed E-state index contributed by atoms with van der Waals surface area (Å²) < 4.78 is 22.2. The molecule has 7 atom stereocenters. The Labute approximate surface area is 291 Å². The zero-order chi connectivity index (χ0) is 36.0. The molecule has 0 spiro atoms. The second-order valence-corrected chi connectivity index (χ2v) is 13.5. The van der Waals surface area contributed by atoms with Crippen LogP contribution in [0.4, 0.5) is 0 Å². The highest BCUT2D eigenvalue weighted by Crippen LogP contribution is 2.36. The summed E-state index contributed by atoms with van der Waals surface area (Å²) in [6, 6.07) is 8.94. The highest BCUT2D eigenvalue weighted by Gasteiger charge is 2.52. The summed E-state index contributed by atoms with van der Waals surface area (Å²) >= 11 is 0. The van der Waals surface area contributed by atoms with Gasteiger partial charge in [-0.15, -0.1) is 0 Å². The average molecular weight is 682 g/mol. The summed E-state index contributed by atoms with van der Waals surface area (Å²) in [6.45, 7) is 8.40. The van der Waals surface area contributed by atoms with Crippen molar-refractivity contribution >= 4 is 23.4 Å². The Morgan fingerprint density at radius 2 is 1.78 bits per heavy atom. The molecule has 0 radical (unpaired) electrons. The second-order valence-electron chi connectivity index (χ2n) is 13.5. The van der Waals surface area contributed by atoms with Crippen LogP contribution in [-0.4, -0.2) is 84.9 Å². The van der Waals surface area contributed by atoms with E-state index in [1.165, 1.54) is 12.0 Å². The number of likely N-dealkylation sites (tertiary alicyclic amines) is 1. The van der Waals surface area contributed by atoms with Gasteiger partial charge in [0, 0.05) is 31.9 Å². The average Bonchev–Trinajstić information content (AvgIpc) is 3.11. The highest BCUT2D eigenvalue weighted by atomic mass is 16.6. The number of allylic oxidation sites excluding steroid dienone is 5. The lowest BCUT2D eigenvalue weighted by molar-refractivity contribution is -0.265. The summed E-state index contributed by atoms with van der Waals surface area (Å²) in [5, 5.41) is 11.5. The van der Waals surface area contributed by atoms with Gasteiger partial charge in [-0.2, -0.15) is 0 Å². The molecule has 270 valence electrons. The van der Waals surface area contributed by atoms with Gasteiger partial charge in [-0.1, -0.05) is 81.5 Å². The Kier molecular flexibility index (Phi) is 16.1. The van der Waals surface area contributed by atoms with Gasteiger partial charge < -0.3 is 29.0 Å². The molecule has 0 saturated carbocycles. The fraction of sp³-hybridized carbons (Fsp3) is 0.590. The third kappa shape index (κ3) is 11.6. The van der Waals surface area contributed by atoms with Crippen LogP contribution in [0.1, 0.15) is 78.2 Å². The first kappa shape index (κ1) is 40.0. The zero-order valence-electron chi connectivity index (χ0n) is 30.0. The van der Waals surface area contributed by atoms with Crippen LogP contribution in [0, 0.1) is 17.8 Å². The maximum atomic E-state index is 13.5. The second kappa shape index (κ2) is 19.7. The summed E-state index contributed by atoms with van der Waals surface area (Å²) in [7, 11) is 2.85. The van der Waals surface area contributed by atoms with Crippen LogP contribution < -0.4 is 0 Å². The number of carbonyl (C=O) groups excluding carboxylic acids is 4. The molecule has 1 aromatic carbocycles. The van der Waals surface area contributed by atoms with Crippen LogP contribution in [0.5, 0.6) is 0 Å². The lowest BCUT2D eigenvalue weighted by Gasteiger charge is -2.42. The fourth-order valence-electron chi connectivity index (χ4n) is 6.44. The Bertz CT molecular complexity index is 1340. The van der Waals surface area contributed by atoms with E-state index in [1.54, 1.807) is 14.0 Å². The van der Waals surface area contributed by atoms with E-state index < -0.39 is 41.5 Å². The van der Waals surface area contributed by atoms with Crippen molar-refractivity contribution in [2.24, 2.45) is 17.8 Å². The molecule has 1 N–H and O–H groups in total. The smallest absolute Gasteiger partial charge is 0.328 e. The van der Waals surface area contributed by atoms with E-state index in [0.29, 0.717) is 38.7 Å². The van der Waals surface area contributed by atoms with E-state index in [9.17, 15) is 24.3 Å². The molecule has 0 aromatic heterocycles. The number of amides is 1. The minimum atomic E-state index is -2.30. The Morgan fingerprint density at radius 3 is 2.47 bits per heavy atom. The first-order chi connectivity index (χ1) is 23.4. The van der Waals surface area contributed by atoms with E-state index in [1.807, 2.05) is 68.5 Å². The number of rotatable bonds is 17. The van der Waals surface area contributed by atoms with Gasteiger partial charge in [-0.3, -0.25) is 14.4 Å². The number of esters is 1. The number of piperidine rings is 1. The maximum Gasteiger partial charge on any atom is 0.328 e. The van der Waals surface area contributed by atoms with Gasteiger partial charge in [0.25, 0.3) is 11.7 Å². The third-order valence-electron chi connectivity index (χ3n) is 9.61. The highest BCUT2D eigenvalue weighted by molar-refractivity contribution is 6.39. The number of methoxy groups -OCH3 is 2. The van der Waals surface area contributed by atoms with E-state index in [-0.39, 0.29) is 36.9 Å². The minimum Gasteiger partial charge on any atom is -0.467 e. The number of carbonyl (C=O) groups is 4. The van der Waals surface area contributed by atoms with E-state index in [0.717, 1.165) is 24.0 Å². The molecule has 1 amide bonds. The number of benzene rings is 1. The molecule has 2 aliphatic rings. The van der Waals surface area contributed by atoms with E-state index in [2.05, 4.69) is 13.0 Å². The Balaban J connectivity index is 1.50. The van der Waals surface area contributed by atoms with E-state index in [4.69, 9.17) is 18.9 Å². The summed E-state index contributed by atoms with van der Waals surface area (Å²) in [5.74, 6) is -5.27. The standard InChI is InChI=1S/C39H55NO9/c1-27(23-29(3)34(41)26-48-25-31-17-11-8-12-18-31)15-9-7-10-16-28(2)35(46-5)24-32-21-20-30(4)39(45,49-32)36(42)37(43)40-22-14-13-19-33(40)38(44)47-6/h7-12,15-18,27,29-30,32-33,35,45H,13-14,19-26H2,1-6H3/t27-,29-,30-,32+,33?,35+,39-/m1/s1. The summed E-state index contributed by atoms with van der Waals surface area (Å²) in [6.07, 6.45) is 12.9. The molecule has 2 saturated heterocycles. The molecule has 1 aromatic rings. The molecule has 1 unspecified atom stereocenters. The summed E-state index contributed by atoms with van der Waals surface area (Å²) in [4.78, 5) is 52.8. The topological polar surface area (TPSA) is 129 Å². The van der Waals surface area contributed by atoms with Gasteiger partial charge in [-0.05, 0) is 62.5 Å². The van der Waals surface area contributed by atoms with Crippen molar-refractivity contribution < 1.29 is 43.2 Å². The molecule has 49 heavy (non-hydrogen) atoms. The van der Waals surface area contributed by atoms with Crippen molar-refractivity contribution in [2.45, 2.75) is 103 Å². The van der Waals surface area contributed by atoms with Crippen molar-refractivity contribution in [2.75, 3.05) is 27.4 Å². The predicted octanol–water partition coefficient (Wildman–Crippen LogP) is 5.53. The monoisotopic (exact) mass is 681 g/mol. The fourth-order valence-corrected chi connectivity index (χ4v) is 6.44. The predicted molar refractivity (Wildman–Crippen MR) is 186 cm³/mol. The number of ketones is 2. The van der Waals surface area contributed by atoms with Crippen molar-refractivity contribution in [3.05, 3.63) is 71.8 Å². The number of aliphatic hydroxyl groups is 1. The van der Waals surface area contributed by atoms with Crippen LogP contribution >= 0.6 is 0 Å². The number of ether oxygens (including phenoxy) is 4. The van der Waals surface area contributed by atoms with Gasteiger partial charge in [0.2, 0.25) is 5.79 Å². The van der Waals surface area contributed by atoms with Gasteiger partial charge in [0.05, 0.1) is 25.9 Å². The van der Waals surface area contributed by atoms with Crippen LogP contribution in [0.3, 0.4) is 0 Å². The zero-order valence-corrected chi connectivity index (χ0v) is 30.0. The van der Waals surface area contributed by atoms with E-state index >= 15 is 0 Å². The van der Waals surface area contributed by atoms with Crippen molar-refractivity contribution in [3.8, 4) is 0 Å². The number of hydrogen-bond donors (Lipinski definition) is 1. The molecule has 0 bridgehead atoms. The van der Waals surface area contributed by atoms with Crippen LogP contribution in [0.2, 0.25) is 0 Å². The van der Waals surface area contributed by atoms with Crippen LogP contribution in [0.15, 0.2) is 66.3 Å². The molecule has 2 fully saturated rings. The number of nitrogens with zero attached hydrogens (tertiary/aromatic N) is 1. The Morgan fingerprint density at radius 1 is 1.04 bits per heavy atom. The molecular formula is C39H55NO9. The van der Waals surface area contributed by atoms with Gasteiger partial charge >= 0.3 is 5.97 Å². The molecule has 10 heteroatoms. The molecule has 10 nitrogen and oxygen atoms in total. The van der Waals surface area contributed by atoms with Crippen molar-refractivity contribution in [3.63, 3.8) is 0 Å². The number of hydrogen-bond acceptors (Lipinski definition) is 9. The van der Waals surface area contributed by atoms with Gasteiger partial charge in [-0.25, -0.2) is 4.79 Å². The SMILES string of the molecule is COC(=O)C1CCCCN1C(=O)C(=O)[C@]1(O)O[C@H](C[C@H](OC)C(C)=CC=CC=C[C@@H](C)C[C@@H](C)C(=O)COCc2ccccc2)CC[C@H]1C. The first-order valence-corrected chi connectivity index (χ1v) is 17.4. The van der Waals surface area contributed by atoms with Crippen molar-refractivity contribution in [1.82, 2.24) is 4.90 Å². The normalized spacial score (nSPS) is 25.2. The van der Waals surface area contributed by atoms with Crippen LogP contribution in [-0.2, 0) is 44.7 Å². The minimum absolute atomic E-state index is 0.0934.